The first-order chi connectivity index (χ1) is 70.0. The van der Waals surface area contributed by atoms with Gasteiger partial charge in [0.2, 0.25) is 23.6 Å². The molecule has 12 atom stereocenters. The van der Waals surface area contributed by atoms with Gasteiger partial charge in [0.15, 0.2) is 0 Å². The lowest BCUT2D eigenvalue weighted by atomic mass is 9.93. The average Bonchev–Trinajstić information content (AvgIpc) is 0.879. The standard InChI is InChI=1S/C31H34N2O5.C30H32N2O5.C29H38N2O5.C28H36N2O5/c1-22(32-27(30(35)37-2)18-17-23-11-5-3-6-12-23)29(34)33-20-26-16-10-9-15-25(26)19-28(33)31(36)38-21-24-13-7-4-8-14-24;1-21(31-26(29(34)35)17-16-22-10-4-2-5-11-22)28(33)32-19-25-15-9-8-14-24(25)18-27(32)30(36)37-20-23-12-6-3-7-13-23;1-6-35-27(33)24(17-16-21-12-8-7-9-13-21)30-20(2)26(32)31-19-23-15-11-10-14-22(23)18-25(31)28(34)36-29(3,4)5;1-19(29-23(26(32)34-5)16-15-20-11-7-6-8-12-20)25(31)30-18-22-14-10-9-13-21(22)17-24(30)27(33)35-28(2,3)4/h3-16,22,27-28,32H,17-21H2,1-2H3;2-15,21,26-27,31H,16-20H2,1H3,(H,34,35);7-15,20,24-25,30H,6,16-19H2,1-5H3;6-14,19,23-24,29H,15-18H2,1-5H3/t22-,27?,28-;21-,26?,27-;20-,24?,25-;19-,23?,24-/m0000/s1. The number of fused-ring (bicyclic) bond motifs is 4. The molecule has 0 radical (unpaired) electrons. The van der Waals surface area contributed by atoms with E-state index < -0.39 is 125 Å². The fourth-order valence-corrected chi connectivity index (χ4v) is 18.2. The van der Waals surface area contributed by atoms with Crippen LogP contribution < -0.4 is 21.3 Å². The van der Waals surface area contributed by atoms with Gasteiger partial charge in [-0.3, -0.25) is 59.6 Å². The van der Waals surface area contributed by atoms with Crippen LogP contribution in [0, 0.1) is 0 Å². The molecule has 10 aromatic carbocycles. The first-order valence-corrected chi connectivity index (χ1v) is 50.2. The molecule has 28 nitrogen and oxygen atoms in total. The van der Waals surface area contributed by atoms with Gasteiger partial charge in [-0.2, -0.15) is 0 Å². The Bertz CT molecular complexity index is 5970. The van der Waals surface area contributed by atoms with Gasteiger partial charge in [-0.1, -0.05) is 279 Å². The van der Waals surface area contributed by atoms with Crippen LogP contribution in [0.4, 0.5) is 0 Å². The highest BCUT2D eigenvalue weighted by Crippen LogP contribution is 2.33. The molecule has 14 rings (SSSR count). The molecular formula is C118H140N8O20. The minimum absolute atomic E-state index is 0.119. The summed E-state index contributed by atoms with van der Waals surface area (Å²) in [6.45, 7) is 21.1. The number of benzene rings is 10. The zero-order chi connectivity index (χ0) is 105. The number of aryl methyl sites for hydroxylation is 4. The number of carbonyl (C=O) groups excluding carboxylic acids is 11. The van der Waals surface area contributed by atoms with Gasteiger partial charge < -0.3 is 57.9 Å². The smallest absolute Gasteiger partial charge is 0.329 e. The van der Waals surface area contributed by atoms with Gasteiger partial charge in [-0.15, -0.1) is 0 Å². The quantitative estimate of drug-likeness (QED) is 0.0178. The molecule has 4 heterocycles. The Morgan fingerprint density at radius 2 is 0.507 bits per heavy atom. The summed E-state index contributed by atoms with van der Waals surface area (Å²) >= 11 is 0. The Labute approximate surface area is 857 Å². The summed E-state index contributed by atoms with van der Waals surface area (Å²) in [6, 6.07) is 80.4. The number of carbonyl (C=O) groups is 12. The number of methoxy groups -OCH3 is 2. The van der Waals surface area contributed by atoms with Crippen LogP contribution in [0.1, 0.15) is 180 Å². The first-order valence-electron chi connectivity index (χ1n) is 50.2. The van der Waals surface area contributed by atoms with Crippen molar-refractivity contribution in [3.8, 4) is 0 Å². The molecule has 0 spiro atoms. The minimum Gasteiger partial charge on any atom is -0.480 e. The number of hydrogen-bond acceptors (Lipinski definition) is 23. The van der Waals surface area contributed by atoms with Crippen LogP contribution in [0.3, 0.4) is 0 Å². The lowest BCUT2D eigenvalue weighted by Crippen LogP contribution is -2.57. The second kappa shape index (κ2) is 55.1. The van der Waals surface area contributed by atoms with Crippen molar-refractivity contribution in [1.82, 2.24) is 40.9 Å². The predicted molar refractivity (Wildman–Crippen MR) is 555 cm³/mol. The van der Waals surface area contributed by atoms with Crippen molar-refractivity contribution >= 4 is 71.4 Å². The molecule has 0 saturated carbocycles. The van der Waals surface area contributed by atoms with E-state index in [0.29, 0.717) is 96.7 Å². The Morgan fingerprint density at radius 3 is 0.740 bits per heavy atom. The summed E-state index contributed by atoms with van der Waals surface area (Å²) in [5.41, 5.74) is 12.8. The summed E-state index contributed by atoms with van der Waals surface area (Å²) < 4.78 is 37.8. The van der Waals surface area contributed by atoms with Crippen LogP contribution in [0.15, 0.2) is 279 Å². The molecule has 0 saturated heterocycles. The molecule has 4 aliphatic rings. The van der Waals surface area contributed by atoms with Crippen LogP contribution in [0.2, 0.25) is 0 Å². The van der Waals surface area contributed by atoms with E-state index in [9.17, 15) is 62.6 Å². The zero-order valence-electron chi connectivity index (χ0n) is 85.9. The predicted octanol–water partition coefficient (Wildman–Crippen LogP) is 14.8. The monoisotopic (exact) mass is 1990 g/mol. The second-order valence-corrected chi connectivity index (χ2v) is 39.1. The normalized spacial score (nSPS) is 16.7. The summed E-state index contributed by atoms with van der Waals surface area (Å²) in [4.78, 5) is 163. The van der Waals surface area contributed by atoms with Crippen molar-refractivity contribution in [2.75, 3.05) is 20.8 Å². The number of hydrogen-bond donors (Lipinski definition) is 5. The number of rotatable bonds is 37. The van der Waals surface area contributed by atoms with E-state index in [1.165, 1.54) is 19.1 Å². The molecular weight excluding hydrogens is 1850 g/mol. The van der Waals surface area contributed by atoms with E-state index in [1.54, 1.807) is 49.3 Å². The highest BCUT2D eigenvalue weighted by atomic mass is 16.6. The Hall–Kier alpha value is -14.3. The first kappa shape index (κ1) is 112. The second-order valence-electron chi connectivity index (χ2n) is 39.1. The lowest BCUT2D eigenvalue weighted by Gasteiger charge is -2.38. The van der Waals surface area contributed by atoms with E-state index in [4.69, 9.17) is 33.2 Å². The number of esters is 7. The van der Waals surface area contributed by atoms with Crippen molar-refractivity contribution in [3.63, 3.8) is 0 Å². The van der Waals surface area contributed by atoms with E-state index in [2.05, 4.69) is 21.3 Å². The number of carboxylic acid groups (broad SMARTS) is 1. The molecule has 0 aliphatic carbocycles. The van der Waals surface area contributed by atoms with E-state index in [0.717, 1.165) is 77.9 Å². The van der Waals surface area contributed by atoms with Crippen molar-refractivity contribution in [2.24, 2.45) is 0 Å². The number of carboxylic acids is 1. The van der Waals surface area contributed by atoms with Crippen molar-refractivity contribution in [1.29, 1.82) is 0 Å². The number of ether oxygens (including phenoxy) is 7. The Morgan fingerprint density at radius 1 is 0.295 bits per heavy atom. The third-order valence-electron chi connectivity index (χ3n) is 25.9. The van der Waals surface area contributed by atoms with Crippen molar-refractivity contribution in [3.05, 3.63) is 357 Å². The average molecular weight is 1990 g/mol. The molecule has 4 amide bonds. The van der Waals surface area contributed by atoms with Crippen molar-refractivity contribution in [2.45, 2.75) is 276 Å². The molecule has 4 aliphatic heterocycles. The Balaban J connectivity index is 0.000000185. The summed E-state index contributed by atoms with van der Waals surface area (Å²) in [5, 5.41) is 22.3. The fourth-order valence-electron chi connectivity index (χ4n) is 18.2. The highest BCUT2D eigenvalue weighted by molar-refractivity contribution is 5.92. The molecule has 0 bridgehead atoms. The van der Waals surface area contributed by atoms with Gasteiger partial charge in [0.1, 0.15) is 72.8 Å². The van der Waals surface area contributed by atoms with Gasteiger partial charge in [0.25, 0.3) is 0 Å². The maximum absolute atomic E-state index is 13.7. The number of nitrogens with zero attached hydrogens (tertiary/aromatic N) is 4. The van der Waals surface area contributed by atoms with E-state index >= 15 is 0 Å². The summed E-state index contributed by atoms with van der Waals surface area (Å²) in [6.07, 6.45) is 5.80. The molecule has 0 aromatic heterocycles. The molecule has 4 unspecified atom stereocenters. The molecule has 10 aromatic rings. The number of amides is 4. The minimum atomic E-state index is -1.02. The van der Waals surface area contributed by atoms with Crippen LogP contribution in [0.5, 0.6) is 0 Å². The molecule has 772 valence electrons. The third kappa shape index (κ3) is 33.6. The maximum atomic E-state index is 13.7. The van der Waals surface area contributed by atoms with Crippen LogP contribution in [-0.2, 0) is 181 Å². The zero-order valence-corrected chi connectivity index (χ0v) is 85.9. The van der Waals surface area contributed by atoms with E-state index in [-0.39, 0.29) is 56.0 Å². The molecule has 28 heteroatoms. The number of nitrogens with one attached hydrogen (secondary N) is 4. The topological polar surface area (TPSA) is 351 Å². The van der Waals surface area contributed by atoms with Crippen LogP contribution >= 0.6 is 0 Å². The molecule has 0 fully saturated rings. The van der Waals surface area contributed by atoms with Gasteiger partial charge in [-0.05, 0) is 205 Å². The van der Waals surface area contributed by atoms with Crippen LogP contribution in [0.25, 0.3) is 0 Å². The highest BCUT2D eigenvalue weighted by Gasteiger charge is 2.45. The van der Waals surface area contributed by atoms with Crippen molar-refractivity contribution < 1.29 is 95.8 Å². The van der Waals surface area contributed by atoms with Gasteiger partial charge >= 0.3 is 47.8 Å². The van der Waals surface area contributed by atoms with E-state index in [1.807, 2.05) is 321 Å². The van der Waals surface area contributed by atoms with Gasteiger partial charge in [0.05, 0.1) is 45.0 Å². The summed E-state index contributed by atoms with van der Waals surface area (Å²) in [7, 11) is 2.68. The lowest BCUT2D eigenvalue weighted by molar-refractivity contribution is -0.166. The van der Waals surface area contributed by atoms with Gasteiger partial charge in [0, 0.05) is 51.9 Å². The largest absolute Gasteiger partial charge is 0.480 e. The Kier molecular flexibility index (Phi) is 42.3. The molecule has 146 heavy (non-hydrogen) atoms. The fraction of sp³-hybridized carbons (Fsp3) is 0.390. The SMILES string of the molecule is CCOC(=O)C(CCc1ccccc1)N[C@@H](C)C(=O)N1Cc2ccccc2C[C@H]1C(=O)OC(C)(C)C.COC(=O)C(CCc1ccccc1)N[C@@H](C)C(=O)N1Cc2ccccc2C[C@H]1C(=O)OC(C)(C)C.COC(=O)C(CCc1ccccc1)N[C@@H](C)C(=O)N1Cc2ccccc2C[C@H]1C(=O)OCc1ccccc1.C[C@H](NC(CCc1ccccc1)C(=O)O)C(=O)N1Cc2ccccc2C[C@H]1C(=O)OCc1ccccc1. The third-order valence-corrected chi connectivity index (χ3v) is 25.9. The summed E-state index contributed by atoms with van der Waals surface area (Å²) in [5.74, 6) is -5.15. The van der Waals surface area contributed by atoms with Crippen LogP contribution in [-0.4, -0.2) is 201 Å². The number of aliphatic carboxylic acids is 1. The molecule has 5 N–H and O–H groups in total. The van der Waals surface area contributed by atoms with Gasteiger partial charge in [-0.25, -0.2) is 19.2 Å². The maximum Gasteiger partial charge on any atom is 0.329 e.